The van der Waals surface area contributed by atoms with Crippen molar-refractivity contribution in [3.8, 4) is 21.7 Å². The van der Waals surface area contributed by atoms with E-state index in [4.69, 9.17) is 4.98 Å². The minimum atomic E-state index is 0.776. The van der Waals surface area contributed by atoms with Crippen LogP contribution in [0.1, 0.15) is 16.7 Å². The molecule has 0 aliphatic carbocycles. The van der Waals surface area contributed by atoms with Crippen molar-refractivity contribution in [1.29, 1.82) is 0 Å². The third-order valence-electron chi connectivity index (χ3n) is 4.44. The zero-order chi connectivity index (χ0) is 19.3. The monoisotopic (exact) mass is 383 g/mol. The van der Waals surface area contributed by atoms with Crippen molar-refractivity contribution in [3.05, 3.63) is 95.6 Å². The average Bonchev–Trinajstić information content (AvgIpc) is 3.15. The third-order valence-corrected chi connectivity index (χ3v) is 5.45. The molecule has 0 saturated carbocycles. The van der Waals surface area contributed by atoms with Crippen molar-refractivity contribution in [1.82, 2.24) is 4.98 Å². The zero-order valence-electron chi connectivity index (χ0n) is 15.9. The first-order chi connectivity index (χ1) is 13.7. The maximum absolute atomic E-state index is 4.83. The van der Waals surface area contributed by atoms with Crippen LogP contribution in [0.4, 0.5) is 5.13 Å². The van der Waals surface area contributed by atoms with Crippen LogP contribution in [-0.4, -0.2) is 11.2 Å². The van der Waals surface area contributed by atoms with E-state index in [1.165, 1.54) is 11.1 Å². The van der Waals surface area contributed by atoms with Crippen LogP contribution >= 0.6 is 11.3 Å². The Hall–Kier alpha value is -3.24. The first kappa shape index (κ1) is 18.1. The molecule has 0 aliphatic rings. The Labute approximate surface area is 169 Å². The van der Waals surface area contributed by atoms with Gasteiger partial charge in [-0.3, -0.25) is 5.43 Å². The van der Waals surface area contributed by atoms with Gasteiger partial charge in [-0.15, -0.1) is 0 Å². The normalized spacial score (nSPS) is 11.1. The van der Waals surface area contributed by atoms with Crippen molar-refractivity contribution in [2.45, 2.75) is 13.8 Å². The molecule has 0 atom stereocenters. The van der Waals surface area contributed by atoms with Gasteiger partial charge in [0, 0.05) is 5.56 Å². The number of anilines is 1. The number of nitrogens with zero attached hydrogens (tertiary/aromatic N) is 2. The molecule has 3 nitrogen and oxygen atoms in total. The maximum Gasteiger partial charge on any atom is 0.204 e. The molecular formula is C24H21N3S. The quantitative estimate of drug-likeness (QED) is 0.314. The summed E-state index contributed by atoms with van der Waals surface area (Å²) in [6.07, 6.45) is 1.81. The fourth-order valence-corrected chi connectivity index (χ4v) is 3.82. The van der Waals surface area contributed by atoms with Crippen LogP contribution in [0.3, 0.4) is 0 Å². The van der Waals surface area contributed by atoms with Crippen molar-refractivity contribution < 1.29 is 0 Å². The van der Waals surface area contributed by atoms with Crippen molar-refractivity contribution in [2.24, 2.45) is 5.10 Å². The van der Waals surface area contributed by atoms with Crippen LogP contribution < -0.4 is 5.43 Å². The van der Waals surface area contributed by atoms with Crippen molar-refractivity contribution in [2.75, 3.05) is 5.43 Å². The van der Waals surface area contributed by atoms with E-state index in [1.54, 1.807) is 11.3 Å². The van der Waals surface area contributed by atoms with Gasteiger partial charge in [-0.25, -0.2) is 4.98 Å². The number of benzene rings is 3. The lowest BCUT2D eigenvalue weighted by Crippen LogP contribution is -1.90. The van der Waals surface area contributed by atoms with Gasteiger partial charge in [-0.1, -0.05) is 101 Å². The lowest BCUT2D eigenvalue weighted by atomic mass is 10.1. The van der Waals surface area contributed by atoms with Crippen LogP contribution in [-0.2, 0) is 0 Å². The third kappa shape index (κ3) is 4.18. The number of rotatable bonds is 5. The fraction of sp³-hybridized carbons (Fsp3) is 0.0833. The van der Waals surface area contributed by atoms with E-state index in [9.17, 15) is 0 Å². The second-order valence-electron chi connectivity index (χ2n) is 6.71. The van der Waals surface area contributed by atoms with Gasteiger partial charge < -0.3 is 0 Å². The summed E-state index contributed by atoms with van der Waals surface area (Å²) in [5, 5.41) is 5.15. The van der Waals surface area contributed by atoms with Gasteiger partial charge in [0.25, 0.3) is 0 Å². The highest BCUT2D eigenvalue weighted by Crippen LogP contribution is 2.39. The minimum Gasteiger partial charge on any atom is -0.253 e. The van der Waals surface area contributed by atoms with Gasteiger partial charge in [-0.05, 0) is 25.0 Å². The molecule has 0 unspecified atom stereocenters. The fourth-order valence-electron chi connectivity index (χ4n) is 2.87. The number of thiazole rings is 1. The summed E-state index contributed by atoms with van der Waals surface area (Å²) >= 11 is 1.61. The van der Waals surface area contributed by atoms with E-state index in [0.29, 0.717) is 0 Å². The Morgan fingerprint density at radius 1 is 0.786 bits per heavy atom. The molecule has 138 valence electrons. The molecule has 28 heavy (non-hydrogen) atoms. The molecular weight excluding hydrogens is 362 g/mol. The number of nitrogens with one attached hydrogen (secondary N) is 1. The lowest BCUT2D eigenvalue weighted by Gasteiger charge is -2.03. The van der Waals surface area contributed by atoms with Gasteiger partial charge in [0.15, 0.2) is 0 Å². The van der Waals surface area contributed by atoms with E-state index in [1.807, 2.05) is 12.3 Å². The molecule has 4 aromatic rings. The standard InChI is InChI=1S/C24H21N3S/c1-17-8-12-19(13-9-17)16-25-27-24-26-22(20-14-10-18(2)11-15-20)23(28-24)21-6-4-3-5-7-21/h3-16H,1-2H3,(H,26,27)/b25-16-. The minimum absolute atomic E-state index is 0.776. The SMILES string of the molecule is Cc1ccc(/C=N\Nc2nc(-c3ccc(C)cc3)c(-c3ccccc3)s2)cc1. The molecule has 0 bridgehead atoms. The highest BCUT2D eigenvalue weighted by atomic mass is 32.1. The van der Waals surface area contributed by atoms with Crippen LogP contribution in [0.5, 0.6) is 0 Å². The van der Waals surface area contributed by atoms with Gasteiger partial charge in [-0.2, -0.15) is 5.10 Å². The van der Waals surface area contributed by atoms with E-state index in [0.717, 1.165) is 32.4 Å². The largest absolute Gasteiger partial charge is 0.253 e. The predicted octanol–water partition coefficient (Wildman–Crippen LogP) is 6.54. The number of hydrazone groups is 1. The first-order valence-electron chi connectivity index (χ1n) is 9.18. The molecule has 4 rings (SSSR count). The molecule has 0 aliphatic heterocycles. The van der Waals surface area contributed by atoms with E-state index < -0.39 is 0 Å². The van der Waals surface area contributed by atoms with E-state index in [2.05, 4.69) is 97.2 Å². The Morgan fingerprint density at radius 2 is 1.43 bits per heavy atom. The number of hydrogen-bond acceptors (Lipinski definition) is 4. The molecule has 0 radical (unpaired) electrons. The Morgan fingerprint density at radius 3 is 2.11 bits per heavy atom. The Kier molecular flexibility index (Phi) is 5.31. The van der Waals surface area contributed by atoms with E-state index >= 15 is 0 Å². The first-order valence-corrected chi connectivity index (χ1v) is 10.00. The summed E-state index contributed by atoms with van der Waals surface area (Å²) in [5.41, 5.74) is 9.86. The van der Waals surface area contributed by atoms with Crippen molar-refractivity contribution in [3.63, 3.8) is 0 Å². The molecule has 3 aromatic carbocycles. The summed E-state index contributed by atoms with van der Waals surface area (Å²) in [5.74, 6) is 0. The van der Waals surface area contributed by atoms with Crippen LogP contribution in [0, 0.1) is 13.8 Å². The number of aryl methyl sites for hydroxylation is 2. The summed E-state index contributed by atoms with van der Waals surface area (Å²) in [4.78, 5) is 5.96. The molecule has 1 aromatic heterocycles. The summed E-state index contributed by atoms with van der Waals surface area (Å²) in [7, 11) is 0. The highest BCUT2D eigenvalue weighted by molar-refractivity contribution is 7.19. The second-order valence-corrected chi connectivity index (χ2v) is 7.71. The second kappa shape index (κ2) is 8.19. The molecule has 0 saturated heterocycles. The van der Waals surface area contributed by atoms with Crippen LogP contribution in [0.2, 0.25) is 0 Å². The van der Waals surface area contributed by atoms with E-state index in [-0.39, 0.29) is 0 Å². The van der Waals surface area contributed by atoms with Gasteiger partial charge in [0.05, 0.1) is 16.8 Å². The number of hydrogen-bond donors (Lipinski definition) is 1. The zero-order valence-corrected chi connectivity index (χ0v) is 16.7. The summed E-state index contributed by atoms with van der Waals surface area (Å²) < 4.78 is 0. The summed E-state index contributed by atoms with van der Waals surface area (Å²) in [6, 6.07) is 27.1. The average molecular weight is 384 g/mol. The predicted molar refractivity (Wildman–Crippen MR) is 120 cm³/mol. The molecule has 0 spiro atoms. The molecule has 4 heteroatoms. The molecule has 1 N–H and O–H groups in total. The molecule has 1 heterocycles. The van der Waals surface area contributed by atoms with Crippen LogP contribution in [0.15, 0.2) is 84.0 Å². The topological polar surface area (TPSA) is 37.3 Å². The molecule has 0 amide bonds. The van der Waals surface area contributed by atoms with Crippen molar-refractivity contribution >= 4 is 22.7 Å². The van der Waals surface area contributed by atoms with Gasteiger partial charge in [0.2, 0.25) is 5.13 Å². The Bertz CT molecular complexity index is 1080. The van der Waals surface area contributed by atoms with Gasteiger partial charge in [0.1, 0.15) is 0 Å². The van der Waals surface area contributed by atoms with Gasteiger partial charge >= 0.3 is 0 Å². The Balaban J connectivity index is 1.65. The summed E-state index contributed by atoms with van der Waals surface area (Å²) in [6.45, 7) is 4.17. The molecule has 0 fully saturated rings. The highest BCUT2D eigenvalue weighted by Gasteiger charge is 2.14. The maximum atomic E-state index is 4.83. The lowest BCUT2D eigenvalue weighted by molar-refractivity contribution is 1.29. The van der Waals surface area contributed by atoms with Crippen LogP contribution in [0.25, 0.3) is 21.7 Å². The smallest absolute Gasteiger partial charge is 0.204 e. The number of aromatic nitrogens is 1.